The van der Waals surface area contributed by atoms with E-state index in [-0.39, 0.29) is 0 Å². The molecule has 1 aromatic heterocycles. The molecule has 0 spiro atoms. The van der Waals surface area contributed by atoms with Crippen molar-refractivity contribution in [3.63, 3.8) is 0 Å². The first-order valence-corrected chi connectivity index (χ1v) is 10.9. The number of nitrogens with two attached hydrogens (primary N) is 1. The Bertz CT molecular complexity index is 1070. The fourth-order valence-electron chi connectivity index (χ4n) is 4.19. The molecule has 9 N–H and O–H groups in total. The minimum atomic E-state index is -2.79. The Labute approximate surface area is 199 Å². The van der Waals surface area contributed by atoms with E-state index in [1.807, 2.05) is 12.1 Å². The number of amides is 1. The van der Waals surface area contributed by atoms with E-state index in [2.05, 4.69) is 10.3 Å². The van der Waals surface area contributed by atoms with E-state index in [4.69, 9.17) is 15.2 Å². The summed E-state index contributed by atoms with van der Waals surface area (Å²) in [6.45, 7) is 0.548. The van der Waals surface area contributed by atoms with Gasteiger partial charge in [0, 0.05) is 42.4 Å². The molecule has 35 heavy (non-hydrogen) atoms. The van der Waals surface area contributed by atoms with Crippen LogP contribution in [0.25, 0.3) is 10.9 Å². The average molecular weight is 495 g/mol. The number of aromatic amines is 1. The van der Waals surface area contributed by atoms with Crippen molar-refractivity contribution >= 4 is 28.7 Å². The van der Waals surface area contributed by atoms with Gasteiger partial charge < -0.3 is 51.0 Å². The number of aliphatic hydroxyl groups excluding tert-OH is 3. The highest BCUT2D eigenvalue weighted by molar-refractivity contribution is 5.89. The highest BCUT2D eigenvalue weighted by Crippen LogP contribution is 2.35. The number of aromatic nitrogens is 1. The second-order valence-electron chi connectivity index (χ2n) is 8.53. The summed E-state index contributed by atoms with van der Waals surface area (Å²) in [7, 11) is 0. The maximum Gasteiger partial charge on any atom is 0.364 e. The molecule has 1 aliphatic heterocycles. The number of carboxylic acid groups (broad SMARTS) is 1. The number of H-pyrrole nitrogens is 1. The van der Waals surface area contributed by atoms with Crippen molar-refractivity contribution in [2.24, 2.45) is 11.7 Å². The number of benzene rings is 1. The molecule has 192 valence electrons. The van der Waals surface area contributed by atoms with Crippen molar-refractivity contribution in [2.75, 3.05) is 6.61 Å². The minimum Gasteiger partial charge on any atom is -0.477 e. The van der Waals surface area contributed by atoms with Gasteiger partial charge in [-0.25, -0.2) is 9.59 Å². The van der Waals surface area contributed by atoms with Crippen molar-refractivity contribution in [3.05, 3.63) is 36.0 Å². The van der Waals surface area contributed by atoms with Gasteiger partial charge in [-0.05, 0) is 6.07 Å². The molecule has 0 bridgehead atoms. The van der Waals surface area contributed by atoms with Crippen LogP contribution >= 0.6 is 0 Å². The summed E-state index contributed by atoms with van der Waals surface area (Å²) in [5.41, 5.74) is 7.27. The van der Waals surface area contributed by atoms with Gasteiger partial charge in [0.05, 0.1) is 24.2 Å². The zero-order valence-electron chi connectivity index (χ0n) is 18.8. The van der Waals surface area contributed by atoms with Crippen LogP contribution in [0.15, 0.2) is 30.5 Å². The summed E-state index contributed by atoms with van der Waals surface area (Å²) in [6, 6.07) is 6.03. The number of hydrogen-bond donors (Lipinski definition) is 8. The molecule has 1 aliphatic rings. The zero-order chi connectivity index (χ0) is 25.9. The largest absolute Gasteiger partial charge is 0.477 e. The predicted molar refractivity (Wildman–Crippen MR) is 118 cm³/mol. The van der Waals surface area contributed by atoms with Crippen molar-refractivity contribution < 1.29 is 49.4 Å². The lowest BCUT2D eigenvalue weighted by atomic mass is 9.83. The Balaban J connectivity index is 1.66. The van der Waals surface area contributed by atoms with E-state index in [0.29, 0.717) is 5.56 Å². The standard InChI is InChI=1S/C22H29N3O10/c1-10(26)25-19(29)17-15(28)7-22(33,21(31)32)35-16(17)6-11(27)9-34-20(30)18(23)13-8-24-14-5-3-2-4-12(13)14/h2-5,8,11,15-19,24,27-29,33H,6-7,9,23H2,1H3,(H,25,26)(H,31,32)/t11-,15-,16-,17-,18+,19-,22-/m0/s1. The summed E-state index contributed by atoms with van der Waals surface area (Å²) >= 11 is 0. The van der Waals surface area contributed by atoms with Gasteiger partial charge in [0.1, 0.15) is 18.9 Å². The number of aliphatic carboxylic acids is 1. The van der Waals surface area contributed by atoms with Crippen LogP contribution in [-0.4, -0.2) is 85.3 Å². The number of fused-ring (bicyclic) bond motifs is 1. The number of carboxylic acids is 1. The molecule has 0 saturated carbocycles. The fraction of sp³-hybridized carbons (Fsp3) is 0.500. The fourth-order valence-corrected chi connectivity index (χ4v) is 4.19. The summed E-state index contributed by atoms with van der Waals surface area (Å²) in [5.74, 6) is -7.33. The molecule has 2 heterocycles. The highest BCUT2D eigenvalue weighted by Gasteiger charge is 2.53. The molecular weight excluding hydrogens is 466 g/mol. The number of ether oxygens (including phenoxy) is 2. The number of nitrogens with one attached hydrogen (secondary N) is 2. The number of carbonyl (C=O) groups excluding carboxylic acids is 2. The average Bonchev–Trinajstić information content (AvgIpc) is 3.20. The van der Waals surface area contributed by atoms with Crippen LogP contribution < -0.4 is 11.1 Å². The van der Waals surface area contributed by atoms with Crippen LogP contribution in [0.4, 0.5) is 0 Å². The molecule has 2 aromatic rings. The summed E-state index contributed by atoms with van der Waals surface area (Å²) in [6.07, 6.45) is -5.83. The number of hydrogen-bond acceptors (Lipinski definition) is 10. The van der Waals surface area contributed by atoms with E-state index in [9.17, 15) is 39.9 Å². The molecule has 0 aliphatic carbocycles. The van der Waals surface area contributed by atoms with Crippen LogP contribution in [0.3, 0.4) is 0 Å². The lowest BCUT2D eigenvalue weighted by Gasteiger charge is -2.44. The lowest BCUT2D eigenvalue weighted by Crippen LogP contribution is -2.61. The van der Waals surface area contributed by atoms with Gasteiger partial charge in [-0.2, -0.15) is 0 Å². The van der Waals surface area contributed by atoms with Gasteiger partial charge in [0.2, 0.25) is 5.91 Å². The Morgan fingerprint density at radius 3 is 2.66 bits per heavy atom. The molecule has 1 aromatic carbocycles. The maximum absolute atomic E-state index is 12.5. The third-order valence-electron chi connectivity index (χ3n) is 5.89. The first-order valence-electron chi connectivity index (χ1n) is 10.9. The van der Waals surface area contributed by atoms with Crippen LogP contribution in [0.5, 0.6) is 0 Å². The summed E-state index contributed by atoms with van der Waals surface area (Å²) < 4.78 is 10.3. The van der Waals surface area contributed by atoms with Crippen LogP contribution in [0, 0.1) is 5.92 Å². The van der Waals surface area contributed by atoms with Crippen molar-refractivity contribution in [3.8, 4) is 0 Å². The number of rotatable bonds is 9. The maximum atomic E-state index is 12.5. The topological polar surface area (TPSA) is 225 Å². The van der Waals surface area contributed by atoms with E-state index >= 15 is 0 Å². The smallest absolute Gasteiger partial charge is 0.364 e. The third kappa shape index (κ3) is 5.96. The van der Waals surface area contributed by atoms with E-state index in [0.717, 1.165) is 17.8 Å². The molecule has 1 fully saturated rings. The monoisotopic (exact) mass is 495 g/mol. The van der Waals surface area contributed by atoms with Crippen molar-refractivity contribution in [1.29, 1.82) is 0 Å². The molecule has 13 heteroatoms. The molecular formula is C22H29N3O10. The highest BCUT2D eigenvalue weighted by atomic mass is 16.7. The van der Waals surface area contributed by atoms with Gasteiger partial charge in [0.15, 0.2) is 0 Å². The van der Waals surface area contributed by atoms with Crippen LogP contribution in [0.2, 0.25) is 0 Å². The number of carbonyl (C=O) groups is 3. The Morgan fingerprint density at radius 2 is 2.00 bits per heavy atom. The number of esters is 1. The van der Waals surface area contributed by atoms with Gasteiger partial charge in [-0.1, -0.05) is 18.2 Å². The Kier molecular flexibility index (Phi) is 8.10. The molecule has 1 amide bonds. The zero-order valence-corrected chi connectivity index (χ0v) is 18.8. The van der Waals surface area contributed by atoms with Crippen LogP contribution in [-0.2, 0) is 23.9 Å². The molecule has 0 radical (unpaired) electrons. The second-order valence-corrected chi connectivity index (χ2v) is 8.53. The van der Waals surface area contributed by atoms with Crippen molar-refractivity contribution in [1.82, 2.24) is 10.3 Å². The van der Waals surface area contributed by atoms with Crippen LogP contribution in [0.1, 0.15) is 31.4 Å². The first-order chi connectivity index (χ1) is 16.4. The lowest BCUT2D eigenvalue weighted by molar-refractivity contribution is -0.297. The van der Waals surface area contributed by atoms with Gasteiger partial charge in [-0.15, -0.1) is 0 Å². The van der Waals surface area contributed by atoms with Crippen molar-refractivity contribution in [2.45, 2.75) is 56.1 Å². The number of para-hydroxylation sites is 1. The van der Waals surface area contributed by atoms with Gasteiger partial charge >= 0.3 is 11.9 Å². The third-order valence-corrected chi connectivity index (χ3v) is 5.89. The quantitative estimate of drug-likeness (QED) is 0.147. The Hall–Kier alpha value is -3.07. The molecule has 0 unspecified atom stereocenters. The van der Waals surface area contributed by atoms with E-state index < -0.39 is 79.6 Å². The summed E-state index contributed by atoms with van der Waals surface area (Å²) in [5, 5.41) is 53.5. The van der Waals surface area contributed by atoms with Gasteiger partial charge in [-0.3, -0.25) is 4.79 Å². The first kappa shape index (κ1) is 26.5. The number of aliphatic hydroxyl groups is 4. The Morgan fingerprint density at radius 1 is 1.31 bits per heavy atom. The van der Waals surface area contributed by atoms with Gasteiger partial charge in [0.25, 0.3) is 5.79 Å². The second kappa shape index (κ2) is 10.7. The molecule has 1 saturated heterocycles. The normalized spacial score (nSPS) is 27.1. The molecule has 13 nitrogen and oxygen atoms in total. The molecule has 7 atom stereocenters. The molecule has 3 rings (SSSR count). The minimum absolute atomic E-state index is 0.455. The predicted octanol–water partition coefficient (Wildman–Crippen LogP) is -1.54. The SMILES string of the molecule is CC(=O)N[C@@H](O)[C@@H]1[C@H](C[C@H](O)COC(=O)[C@H](N)c2c[nH]c3ccccc23)O[C@](O)(C(=O)O)C[C@@H]1O. The summed E-state index contributed by atoms with van der Waals surface area (Å²) in [4.78, 5) is 38.2. The van der Waals surface area contributed by atoms with E-state index in [1.165, 1.54) is 0 Å². The van der Waals surface area contributed by atoms with E-state index in [1.54, 1.807) is 18.3 Å².